The number of nitrogens with one attached hydrogen (secondary N) is 1. The number of ether oxygens (including phenoxy) is 5. The average molecular weight is 1070 g/mol. The van der Waals surface area contributed by atoms with Crippen LogP contribution in [0.1, 0.15) is 98.3 Å². The standard InChI is InChI=1S/C54H87N3O18/c1-32-19-16-14-12-10-8-6-7-9-11-13-15-17-21-40(74-53-51(68)48(50(67)35(4)73-53)57-45(64)25-36(56)20-18-24-55)29-44-47(52(69)71-5)43(63)31-54(70,75-44)30-39(60)27-42(62)41(61)23-22-37(58)26-38(59)28-46(65)72-34(3)33(2)49(32)66/h6-17,19,21,32-44,47-51,53,58-63,66-68,70H,18,20,22-31,55-56H2,1-5H3,(H,57,64)/b7-6+,10-8+,11-9+,14-12+,15-13+,19-16+,21-17+/t32-,33-,34-,35+,36+,37+,38+,39-,40-,41+,42+,43-,44-,47+,48-,49+,50+,51-,53-,54+/m0/s1. The maximum atomic E-state index is 13.3. The predicted octanol–water partition coefficient (Wildman–Crippen LogP) is 0.414. The maximum absolute atomic E-state index is 13.3. The highest BCUT2D eigenvalue weighted by molar-refractivity contribution is 5.77. The zero-order chi connectivity index (χ0) is 55.8. The van der Waals surface area contributed by atoms with E-state index in [2.05, 4.69) is 5.32 Å². The van der Waals surface area contributed by atoms with Crippen LogP contribution in [0.25, 0.3) is 0 Å². The fourth-order valence-corrected chi connectivity index (χ4v) is 9.19. The Bertz CT molecular complexity index is 1930. The first-order valence-corrected chi connectivity index (χ1v) is 26.0. The lowest BCUT2D eigenvalue weighted by Gasteiger charge is -2.46. The number of hydrogen-bond donors (Lipinski definition) is 13. The highest BCUT2D eigenvalue weighted by Gasteiger charge is 2.51. The number of aliphatic hydroxyl groups is 10. The minimum Gasteiger partial charge on any atom is -0.469 e. The van der Waals surface area contributed by atoms with Crippen LogP contribution in [0.15, 0.2) is 85.1 Å². The fourth-order valence-electron chi connectivity index (χ4n) is 9.19. The molecule has 20 atom stereocenters. The van der Waals surface area contributed by atoms with Gasteiger partial charge in [0.25, 0.3) is 0 Å². The summed E-state index contributed by atoms with van der Waals surface area (Å²) in [6.07, 6.45) is 3.94. The van der Waals surface area contributed by atoms with Crippen molar-refractivity contribution in [2.75, 3.05) is 13.7 Å². The Balaban J connectivity index is 1.94. The normalized spacial score (nSPS) is 41.3. The summed E-state index contributed by atoms with van der Waals surface area (Å²) >= 11 is 0. The number of fused-ring (bicyclic) bond motifs is 2. The molecule has 2 bridgehead atoms. The van der Waals surface area contributed by atoms with Crippen molar-refractivity contribution in [1.82, 2.24) is 5.32 Å². The molecule has 3 rings (SSSR count). The van der Waals surface area contributed by atoms with E-state index in [-0.39, 0.29) is 38.0 Å². The van der Waals surface area contributed by atoms with E-state index < -0.39 is 159 Å². The third kappa shape index (κ3) is 22.9. The molecule has 21 nitrogen and oxygen atoms in total. The van der Waals surface area contributed by atoms with Crippen LogP contribution in [0.3, 0.4) is 0 Å². The van der Waals surface area contributed by atoms with Crippen molar-refractivity contribution in [2.45, 2.75) is 202 Å². The summed E-state index contributed by atoms with van der Waals surface area (Å²) in [5.74, 6) is -6.67. The molecule has 3 aliphatic heterocycles. The summed E-state index contributed by atoms with van der Waals surface area (Å²) in [5, 5.41) is 113. The van der Waals surface area contributed by atoms with Crippen molar-refractivity contribution in [3.8, 4) is 0 Å². The third-order valence-corrected chi connectivity index (χ3v) is 13.7. The number of methoxy groups -OCH3 is 1. The van der Waals surface area contributed by atoms with Crippen molar-refractivity contribution in [2.24, 2.45) is 29.2 Å². The molecule has 75 heavy (non-hydrogen) atoms. The third-order valence-electron chi connectivity index (χ3n) is 13.7. The monoisotopic (exact) mass is 1070 g/mol. The Morgan fingerprint density at radius 1 is 0.733 bits per heavy atom. The van der Waals surface area contributed by atoms with Gasteiger partial charge in [-0.3, -0.25) is 14.4 Å². The van der Waals surface area contributed by atoms with Gasteiger partial charge in [0.2, 0.25) is 5.91 Å². The number of aliphatic hydroxyl groups excluding tert-OH is 9. The number of cyclic esters (lactones) is 1. The van der Waals surface area contributed by atoms with Crippen molar-refractivity contribution in [3.05, 3.63) is 85.1 Å². The number of amides is 1. The molecule has 0 saturated carbocycles. The highest BCUT2D eigenvalue weighted by atomic mass is 16.7. The maximum Gasteiger partial charge on any atom is 0.313 e. The van der Waals surface area contributed by atoms with Crippen molar-refractivity contribution in [3.63, 3.8) is 0 Å². The van der Waals surface area contributed by atoms with E-state index >= 15 is 0 Å². The lowest BCUT2D eigenvalue weighted by Crippen LogP contribution is -2.64. The van der Waals surface area contributed by atoms with E-state index in [4.69, 9.17) is 35.2 Å². The minimum atomic E-state index is -2.33. The summed E-state index contributed by atoms with van der Waals surface area (Å²) in [5.41, 5.74) is 11.7. The Kier molecular flexibility index (Phi) is 29.0. The van der Waals surface area contributed by atoms with Gasteiger partial charge in [0.05, 0.1) is 80.6 Å². The van der Waals surface area contributed by atoms with Crippen LogP contribution in [0, 0.1) is 17.8 Å². The van der Waals surface area contributed by atoms with Crippen molar-refractivity contribution >= 4 is 17.8 Å². The molecule has 2 saturated heterocycles. The summed E-state index contributed by atoms with van der Waals surface area (Å²) < 4.78 is 28.8. The molecule has 0 aromatic rings. The van der Waals surface area contributed by atoms with Gasteiger partial charge < -0.3 is 91.5 Å². The molecule has 2 fully saturated rings. The van der Waals surface area contributed by atoms with Gasteiger partial charge in [-0.25, -0.2) is 0 Å². The number of nitrogens with two attached hydrogens (primary N) is 2. The molecule has 3 aliphatic rings. The number of rotatable bonds is 9. The second kappa shape index (κ2) is 33.3. The van der Waals surface area contributed by atoms with Gasteiger partial charge >= 0.3 is 11.9 Å². The lowest BCUT2D eigenvalue weighted by molar-refractivity contribution is -0.309. The van der Waals surface area contributed by atoms with Crippen molar-refractivity contribution < 1.29 is 89.1 Å². The zero-order valence-corrected chi connectivity index (χ0v) is 43.9. The van der Waals surface area contributed by atoms with Crippen LogP contribution in [0.2, 0.25) is 0 Å². The Morgan fingerprint density at radius 2 is 1.33 bits per heavy atom. The van der Waals surface area contributed by atoms with Gasteiger partial charge in [0.1, 0.15) is 24.2 Å². The molecule has 0 spiro atoms. The molecule has 426 valence electrons. The molecule has 0 unspecified atom stereocenters. The van der Waals surface area contributed by atoms with E-state index in [0.717, 1.165) is 7.11 Å². The quantitative estimate of drug-likeness (QED) is 0.139. The van der Waals surface area contributed by atoms with E-state index in [1.165, 1.54) is 13.0 Å². The first-order chi connectivity index (χ1) is 35.5. The van der Waals surface area contributed by atoms with E-state index in [1.807, 2.05) is 19.1 Å². The van der Waals surface area contributed by atoms with Gasteiger partial charge in [-0.2, -0.15) is 0 Å². The summed E-state index contributed by atoms with van der Waals surface area (Å²) in [6, 6.07) is -1.80. The second-order valence-electron chi connectivity index (χ2n) is 20.2. The number of esters is 2. The van der Waals surface area contributed by atoms with Crippen LogP contribution in [-0.4, -0.2) is 186 Å². The fraction of sp³-hybridized carbons (Fsp3) is 0.685. The SMILES string of the molecule is COC(=O)[C@H]1[C@@H]2C[C@@H](O[C@@H]3O[C@H](C)[C@@H](O)[C@H](NC(=O)C[C@H](N)CCCN)[C@@H]3O)/C=C/C=C/C=C/C=C/C=C/C=C/C=C/[C@H](C)[C@@H](O)[C@@H](C)[C@H](C)OC(=O)C[C@H](O)C[C@H](O)CC[C@@H](O)[C@H](O)C[C@H](O)C[C@](O)(C[C@@H]1O)O2. The first kappa shape index (κ1) is 65.3. The Labute approximate surface area is 440 Å². The minimum absolute atomic E-state index is 0.110. The molecule has 1 amide bonds. The van der Waals surface area contributed by atoms with E-state index in [1.54, 1.807) is 80.7 Å². The van der Waals surface area contributed by atoms with Gasteiger partial charge in [-0.05, 0) is 52.5 Å². The highest BCUT2D eigenvalue weighted by Crippen LogP contribution is 2.38. The number of carbonyl (C=O) groups is 3. The van der Waals surface area contributed by atoms with E-state index in [9.17, 15) is 65.4 Å². The van der Waals surface area contributed by atoms with Crippen LogP contribution >= 0.6 is 0 Å². The molecule has 15 N–H and O–H groups in total. The molecule has 0 aromatic carbocycles. The predicted molar refractivity (Wildman–Crippen MR) is 276 cm³/mol. The summed E-state index contributed by atoms with van der Waals surface area (Å²) in [6.45, 7) is 7.11. The summed E-state index contributed by atoms with van der Waals surface area (Å²) in [4.78, 5) is 39.0. The smallest absolute Gasteiger partial charge is 0.313 e. The van der Waals surface area contributed by atoms with Gasteiger partial charge in [0, 0.05) is 50.0 Å². The summed E-state index contributed by atoms with van der Waals surface area (Å²) in [7, 11) is 1.10. The van der Waals surface area contributed by atoms with Crippen LogP contribution in [0.4, 0.5) is 0 Å². The topological polar surface area (TPSA) is 364 Å². The van der Waals surface area contributed by atoms with Gasteiger partial charge in [-0.15, -0.1) is 0 Å². The molecule has 0 aliphatic carbocycles. The molecular weight excluding hydrogens is 979 g/mol. The van der Waals surface area contributed by atoms with E-state index in [0.29, 0.717) is 19.4 Å². The Hall–Kier alpha value is -4.01. The molecule has 21 heteroatoms. The Morgan fingerprint density at radius 3 is 1.93 bits per heavy atom. The number of hydrogen-bond acceptors (Lipinski definition) is 20. The second-order valence-corrected chi connectivity index (χ2v) is 20.2. The zero-order valence-electron chi connectivity index (χ0n) is 43.9. The number of allylic oxidation sites excluding steroid dienone is 12. The first-order valence-electron chi connectivity index (χ1n) is 26.0. The van der Waals surface area contributed by atoms with Crippen LogP contribution < -0.4 is 16.8 Å². The average Bonchev–Trinajstić information content (AvgIpc) is 3.33. The number of carbonyl (C=O) groups excluding carboxylic acids is 3. The van der Waals surface area contributed by atoms with Gasteiger partial charge in [-0.1, -0.05) is 98.9 Å². The van der Waals surface area contributed by atoms with Gasteiger partial charge in [0.15, 0.2) is 12.1 Å². The molecule has 3 heterocycles. The van der Waals surface area contributed by atoms with Crippen molar-refractivity contribution in [1.29, 1.82) is 0 Å². The molecular formula is C54H87N3O18. The van der Waals surface area contributed by atoms with Crippen LogP contribution in [-0.2, 0) is 38.1 Å². The van der Waals surface area contributed by atoms with Crippen LogP contribution in [0.5, 0.6) is 0 Å². The largest absolute Gasteiger partial charge is 0.469 e. The molecule has 0 radical (unpaired) electrons. The lowest BCUT2D eigenvalue weighted by atomic mass is 9.82. The molecule has 0 aromatic heterocycles.